The van der Waals surface area contributed by atoms with Crippen LogP contribution in [-0.2, 0) is 0 Å². The van der Waals surface area contributed by atoms with Crippen LogP contribution in [0.25, 0.3) is 11.1 Å². The van der Waals surface area contributed by atoms with Gasteiger partial charge in [-0.25, -0.2) is 0 Å². The number of hydrogen-bond donors (Lipinski definition) is 0. The van der Waals surface area contributed by atoms with Crippen molar-refractivity contribution in [2.75, 3.05) is 40.3 Å². The Bertz CT molecular complexity index is 763. The molecule has 1 saturated heterocycles. The third-order valence-electron chi connectivity index (χ3n) is 4.59. The maximum Gasteiger partial charge on any atom is 0.253 e. The van der Waals surface area contributed by atoms with Crippen LogP contribution in [0.4, 0.5) is 0 Å². The number of hydrogen-bond acceptors (Lipinski definition) is 3. The molecule has 0 bridgehead atoms. The third kappa shape index (κ3) is 4.14. The number of nitrogens with zero attached hydrogens (tertiary/aromatic N) is 2. The number of rotatable bonds is 3. The Morgan fingerprint density at radius 1 is 1.08 bits per heavy atom. The summed E-state index contributed by atoms with van der Waals surface area (Å²) < 4.78 is 5.44. The van der Waals surface area contributed by atoms with Crippen LogP contribution in [0.2, 0.25) is 5.02 Å². The van der Waals surface area contributed by atoms with E-state index in [0.29, 0.717) is 10.6 Å². The molecule has 1 heterocycles. The molecule has 0 atom stereocenters. The van der Waals surface area contributed by atoms with Crippen molar-refractivity contribution in [2.45, 2.75) is 6.42 Å². The Labute approximate surface area is 154 Å². The average Bonchev–Trinajstić information content (AvgIpc) is 2.85. The highest BCUT2D eigenvalue weighted by Crippen LogP contribution is 2.33. The van der Waals surface area contributed by atoms with E-state index in [1.54, 1.807) is 13.2 Å². The summed E-state index contributed by atoms with van der Waals surface area (Å²) in [6, 6.07) is 13.2. The Morgan fingerprint density at radius 2 is 1.92 bits per heavy atom. The van der Waals surface area contributed by atoms with Gasteiger partial charge < -0.3 is 14.5 Å². The van der Waals surface area contributed by atoms with Gasteiger partial charge in [0, 0.05) is 35.8 Å². The summed E-state index contributed by atoms with van der Waals surface area (Å²) in [5.74, 6) is 0.823. The zero-order valence-corrected chi connectivity index (χ0v) is 15.4. The summed E-state index contributed by atoms with van der Waals surface area (Å²) in [6.45, 7) is 3.50. The zero-order valence-electron chi connectivity index (χ0n) is 14.7. The van der Waals surface area contributed by atoms with Crippen LogP contribution in [0.3, 0.4) is 0 Å². The molecule has 2 aromatic rings. The van der Waals surface area contributed by atoms with Gasteiger partial charge in [0.25, 0.3) is 5.91 Å². The first-order valence-electron chi connectivity index (χ1n) is 8.50. The number of benzene rings is 2. The molecule has 0 aliphatic carbocycles. The van der Waals surface area contributed by atoms with Crippen LogP contribution in [0.1, 0.15) is 16.8 Å². The number of amides is 1. The van der Waals surface area contributed by atoms with Crippen LogP contribution in [0, 0.1) is 0 Å². The number of likely N-dealkylation sites (N-methyl/N-ethyl adjacent to an activating group) is 1. The van der Waals surface area contributed by atoms with Gasteiger partial charge in [0.1, 0.15) is 5.75 Å². The van der Waals surface area contributed by atoms with E-state index in [0.717, 1.165) is 49.5 Å². The second-order valence-corrected chi connectivity index (χ2v) is 6.81. The molecule has 1 fully saturated rings. The van der Waals surface area contributed by atoms with E-state index in [1.807, 2.05) is 41.3 Å². The number of carbonyl (C=O) groups is 1. The minimum atomic E-state index is 0.0816. The lowest BCUT2D eigenvalue weighted by atomic mass is 10.0. The van der Waals surface area contributed by atoms with Crippen molar-refractivity contribution < 1.29 is 9.53 Å². The molecule has 0 aromatic heterocycles. The largest absolute Gasteiger partial charge is 0.496 e. The average molecular weight is 359 g/mol. The third-order valence-corrected chi connectivity index (χ3v) is 4.82. The highest BCUT2D eigenvalue weighted by molar-refractivity contribution is 6.31. The molecular weight excluding hydrogens is 336 g/mol. The SMILES string of the molecule is COc1ccc(Cl)cc1-c1cccc(C(=O)N2CCCN(C)CC2)c1. The molecule has 1 aliphatic rings. The summed E-state index contributed by atoms with van der Waals surface area (Å²) >= 11 is 6.14. The highest BCUT2D eigenvalue weighted by atomic mass is 35.5. The van der Waals surface area contributed by atoms with Crippen molar-refractivity contribution >= 4 is 17.5 Å². The number of halogens is 1. The van der Waals surface area contributed by atoms with E-state index in [9.17, 15) is 4.79 Å². The van der Waals surface area contributed by atoms with E-state index >= 15 is 0 Å². The molecule has 2 aromatic carbocycles. The summed E-state index contributed by atoms with van der Waals surface area (Å²) in [6.07, 6.45) is 1.00. The minimum Gasteiger partial charge on any atom is -0.496 e. The van der Waals surface area contributed by atoms with Gasteiger partial charge in [-0.3, -0.25) is 4.79 Å². The Morgan fingerprint density at radius 3 is 2.72 bits per heavy atom. The molecule has 4 nitrogen and oxygen atoms in total. The smallest absolute Gasteiger partial charge is 0.253 e. The summed E-state index contributed by atoms with van der Waals surface area (Å²) in [4.78, 5) is 17.1. The fourth-order valence-electron chi connectivity index (χ4n) is 3.16. The fraction of sp³-hybridized carbons (Fsp3) is 0.350. The lowest BCUT2D eigenvalue weighted by molar-refractivity contribution is 0.0763. The molecular formula is C20H23ClN2O2. The second-order valence-electron chi connectivity index (χ2n) is 6.37. The predicted molar refractivity (Wildman–Crippen MR) is 101 cm³/mol. The van der Waals surface area contributed by atoms with E-state index in [-0.39, 0.29) is 5.91 Å². The van der Waals surface area contributed by atoms with Gasteiger partial charge in [-0.2, -0.15) is 0 Å². The van der Waals surface area contributed by atoms with E-state index < -0.39 is 0 Å². The monoisotopic (exact) mass is 358 g/mol. The molecule has 5 heteroatoms. The van der Waals surface area contributed by atoms with Crippen LogP contribution in [0.5, 0.6) is 5.75 Å². The first-order valence-corrected chi connectivity index (χ1v) is 8.88. The second kappa shape index (κ2) is 7.89. The molecule has 1 aliphatic heterocycles. The highest BCUT2D eigenvalue weighted by Gasteiger charge is 2.19. The minimum absolute atomic E-state index is 0.0816. The quantitative estimate of drug-likeness (QED) is 0.836. The van der Waals surface area contributed by atoms with E-state index in [2.05, 4.69) is 11.9 Å². The van der Waals surface area contributed by atoms with Gasteiger partial charge in [-0.05, 0) is 55.9 Å². The van der Waals surface area contributed by atoms with Crippen molar-refractivity contribution in [3.63, 3.8) is 0 Å². The van der Waals surface area contributed by atoms with Crippen molar-refractivity contribution in [3.8, 4) is 16.9 Å². The molecule has 132 valence electrons. The lowest BCUT2D eigenvalue weighted by Gasteiger charge is -2.21. The molecule has 3 rings (SSSR count). The van der Waals surface area contributed by atoms with Gasteiger partial charge in [-0.15, -0.1) is 0 Å². The number of methoxy groups -OCH3 is 1. The molecule has 25 heavy (non-hydrogen) atoms. The summed E-state index contributed by atoms with van der Waals surface area (Å²) in [5, 5.41) is 0.642. The van der Waals surface area contributed by atoms with Crippen molar-refractivity contribution in [2.24, 2.45) is 0 Å². The van der Waals surface area contributed by atoms with Crippen LogP contribution >= 0.6 is 11.6 Å². The van der Waals surface area contributed by atoms with Crippen LogP contribution in [-0.4, -0.2) is 56.0 Å². The maximum atomic E-state index is 12.9. The Kier molecular flexibility index (Phi) is 5.61. The molecule has 0 unspecified atom stereocenters. The van der Waals surface area contributed by atoms with Gasteiger partial charge in [-0.1, -0.05) is 23.7 Å². The zero-order chi connectivity index (χ0) is 17.8. The fourth-order valence-corrected chi connectivity index (χ4v) is 3.33. The van der Waals surface area contributed by atoms with E-state index in [1.165, 1.54) is 0 Å². The van der Waals surface area contributed by atoms with Gasteiger partial charge in [0.2, 0.25) is 0 Å². The first-order chi connectivity index (χ1) is 12.1. The van der Waals surface area contributed by atoms with Gasteiger partial charge >= 0.3 is 0 Å². The van der Waals surface area contributed by atoms with Gasteiger partial charge in [0.15, 0.2) is 0 Å². The number of ether oxygens (including phenoxy) is 1. The van der Waals surface area contributed by atoms with E-state index in [4.69, 9.17) is 16.3 Å². The first kappa shape index (κ1) is 17.8. The standard InChI is InChI=1S/C20H23ClN2O2/c1-22-9-4-10-23(12-11-22)20(24)16-6-3-5-15(13-16)18-14-17(21)7-8-19(18)25-2/h3,5-8,13-14H,4,9-12H2,1-2H3. The molecule has 1 amide bonds. The van der Waals surface area contributed by atoms with Crippen LogP contribution < -0.4 is 4.74 Å². The van der Waals surface area contributed by atoms with Crippen molar-refractivity contribution in [1.82, 2.24) is 9.80 Å². The Hall–Kier alpha value is -2.04. The van der Waals surface area contributed by atoms with Crippen molar-refractivity contribution in [3.05, 3.63) is 53.1 Å². The molecule has 0 radical (unpaired) electrons. The van der Waals surface area contributed by atoms with Crippen LogP contribution in [0.15, 0.2) is 42.5 Å². The van der Waals surface area contributed by atoms with Gasteiger partial charge in [0.05, 0.1) is 7.11 Å². The maximum absolute atomic E-state index is 12.9. The topological polar surface area (TPSA) is 32.8 Å². The lowest BCUT2D eigenvalue weighted by Crippen LogP contribution is -2.34. The predicted octanol–water partition coefficient (Wildman–Crippen LogP) is 3.79. The molecule has 0 spiro atoms. The summed E-state index contributed by atoms with van der Waals surface area (Å²) in [5.41, 5.74) is 2.52. The molecule has 0 N–H and O–H groups in total. The van der Waals surface area contributed by atoms with Crippen molar-refractivity contribution in [1.29, 1.82) is 0 Å². The Balaban J connectivity index is 1.89. The normalized spacial score (nSPS) is 15.7. The number of carbonyl (C=O) groups excluding carboxylic acids is 1. The summed E-state index contributed by atoms with van der Waals surface area (Å²) in [7, 11) is 3.73. The molecule has 0 saturated carbocycles.